The Kier molecular flexibility index (Phi) is 5.85. The fourth-order valence-electron chi connectivity index (χ4n) is 3.07. The van der Waals surface area contributed by atoms with Crippen molar-refractivity contribution in [2.45, 2.75) is 19.8 Å². The second-order valence-electron chi connectivity index (χ2n) is 6.43. The van der Waals surface area contributed by atoms with Crippen molar-refractivity contribution in [3.05, 3.63) is 46.4 Å². The van der Waals surface area contributed by atoms with Crippen molar-refractivity contribution in [1.82, 2.24) is 4.90 Å². The van der Waals surface area contributed by atoms with Gasteiger partial charge in [-0.2, -0.15) is 0 Å². The van der Waals surface area contributed by atoms with Gasteiger partial charge in [-0.3, -0.25) is 14.4 Å². The minimum atomic E-state index is -0.584. The SMILES string of the molecule is CC(=O)Nc1ccc(F)c(NC(=O)C2CCCN(C(=O)c3cccs3)C2)c1. The van der Waals surface area contributed by atoms with Crippen LogP contribution in [-0.4, -0.2) is 35.7 Å². The normalized spacial score (nSPS) is 16.7. The topological polar surface area (TPSA) is 78.5 Å². The van der Waals surface area contributed by atoms with Crippen LogP contribution in [0.4, 0.5) is 15.8 Å². The molecule has 0 radical (unpaired) electrons. The molecule has 1 aliphatic rings. The van der Waals surface area contributed by atoms with Crippen molar-refractivity contribution in [3.63, 3.8) is 0 Å². The zero-order valence-corrected chi connectivity index (χ0v) is 15.6. The number of anilines is 2. The molecular weight excluding hydrogens is 369 g/mol. The van der Waals surface area contributed by atoms with Gasteiger partial charge < -0.3 is 15.5 Å². The number of hydrogen-bond acceptors (Lipinski definition) is 4. The highest BCUT2D eigenvalue weighted by Crippen LogP contribution is 2.24. The molecule has 142 valence electrons. The Bertz CT molecular complexity index is 854. The average molecular weight is 389 g/mol. The van der Waals surface area contributed by atoms with Crippen LogP contribution in [0.3, 0.4) is 0 Å². The predicted molar refractivity (Wildman–Crippen MR) is 102 cm³/mol. The van der Waals surface area contributed by atoms with Gasteiger partial charge >= 0.3 is 0 Å². The molecule has 1 unspecified atom stereocenters. The zero-order chi connectivity index (χ0) is 19.4. The molecule has 2 aromatic rings. The van der Waals surface area contributed by atoms with Gasteiger partial charge in [0.05, 0.1) is 16.5 Å². The first kappa shape index (κ1) is 19.0. The minimum Gasteiger partial charge on any atom is -0.337 e. The first-order valence-electron chi connectivity index (χ1n) is 8.65. The number of amides is 3. The van der Waals surface area contributed by atoms with E-state index in [-0.39, 0.29) is 23.4 Å². The first-order valence-corrected chi connectivity index (χ1v) is 9.53. The number of likely N-dealkylation sites (tertiary alicyclic amines) is 1. The van der Waals surface area contributed by atoms with E-state index in [1.54, 1.807) is 11.0 Å². The van der Waals surface area contributed by atoms with Crippen molar-refractivity contribution in [2.24, 2.45) is 5.92 Å². The molecule has 0 aliphatic carbocycles. The molecule has 0 spiro atoms. The largest absolute Gasteiger partial charge is 0.337 e. The Morgan fingerprint density at radius 1 is 1.22 bits per heavy atom. The summed E-state index contributed by atoms with van der Waals surface area (Å²) in [5.74, 6) is -1.70. The molecule has 0 saturated carbocycles. The van der Waals surface area contributed by atoms with Crippen LogP contribution in [0, 0.1) is 11.7 Å². The Labute approximate surface area is 160 Å². The maximum absolute atomic E-state index is 14.0. The fourth-order valence-corrected chi connectivity index (χ4v) is 3.76. The van der Waals surface area contributed by atoms with Crippen LogP contribution in [0.5, 0.6) is 0 Å². The van der Waals surface area contributed by atoms with E-state index in [1.165, 1.54) is 36.5 Å². The van der Waals surface area contributed by atoms with Crippen LogP contribution >= 0.6 is 11.3 Å². The molecule has 6 nitrogen and oxygen atoms in total. The summed E-state index contributed by atoms with van der Waals surface area (Å²) in [4.78, 5) is 38.6. The Balaban J connectivity index is 1.67. The van der Waals surface area contributed by atoms with E-state index in [0.29, 0.717) is 36.5 Å². The van der Waals surface area contributed by atoms with Crippen LogP contribution in [0.15, 0.2) is 35.7 Å². The van der Waals surface area contributed by atoms with Gasteiger partial charge in [0.1, 0.15) is 5.82 Å². The molecule has 1 atom stereocenters. The van der Waals surface area contributed by atoms with Crippen molar-refractivity contribution in [3.8, 4) is 0 Å². The summed E-state index contributed by atoms with van der Waals surface area (Å²) in [7, 11) is 0. The number of hydrogen-bond donors (Lipinski definition) is 2. The van der Waals surface area contributed by atoms with Crippen LogP contribution in [0.25, 0.3) is 0 Å². The lowest BCUT2D eigenvalue weighted by Crippen LogP contribution is -2.43. The molecule has 1 aromatic heterocycles. The molecule has 3 amide bonds. The number of thiophene rings is 1. The highest BCUT2D eigenvalue weighted by atomic mass is 32.1. The van der Waals surface area contributed by atoms with Crippen molar-refractivity contribution >= 4 is 40.4 Å². The van der Waals surface area contributed by atoms with E-state index in [1.807, 2.05) is 11.4 Å². The van der Waals surface area contributed by atoms with Gasteiger partial charge in [-0.25, -0.2) is 4.39 Å². The highest BCUT2D eigenvalue weighted by molar-refractivity contribution is 7.12. The van der Waals surface area contributed by atoms with E-state index < -0.39 is 11.7 Å². The summed E-state index contributed by atoms with van der Waals surface area (Å²) in [6.07, 6.45) is 1.34. The molecular formula is C19H20FN3O3S. The minimum absolute atomic E-state index is 0.00737. The summed E-state index contributed by atoms with van der Waals surface area (Å²) in [6, 6.07) is 7.57. The Hall–Kier alpha value is -2.74. The number of nitrogens with zero attached hydrogens (tertiary/aromatic N) is 1. The molecule has 2 heterocycles. The molecule has 1 aromatic carbocycles. The van der Waals surface area contributed by atoms with Gasteiger partial charge in [0.15, 0.2) is 0 Å². The summed E-state index contributed by atoms with van der Waals surface area (Å²) < 4.78 is 14.0. The third-order valence-electron chi connectivity index (χ3n) is 4.36. The van der Waals surface area contributed by atoms with Gasteiger partial charge in [-0.05, 0) is 42.5 Å². The van der Waals surface area contributed by atoms with E-state index >= 15 is 0 Å². The Morgan fingerprint density at radius 2 is 2.04 bits per heavy atom. The maximum atomic E-state index is 14.0. The molecule has 2 N–H and O–H groups in total. The summed E-state index contributed by atoms with van der Waals surface area (Å²) in [5, 5.41) is 6.98. The smallest absolute Gasteiger partial charge is 0.263 e. The molecule has 8 heteroatoms. The van der Waals surface area contributed by atoms with Gasteiger partial charge in [-0.15, -0.1) is 11.3 Å². The average Bonchev–Trinajstić information content (AvgIpc) is 3.18. The summed E-state index contributed by atoms with van der Waals surface area (Å²) >= 11 is 1.37. The highest BCUT2D eigenvalue weighted by Gasteiger charge is 2.29. The quantitative estimate of drug-likeness (QED) is 0.842. The van der Waals surface area contributed by atoms with E-state index in [0.717, 1.165) is 0 Å². The van der Waals surface area contributed by atoms with E-state index in [2.05, 4.69) is 10.6 Å². The molecule has 1 fully saturated rings. The summed E-state index contributed by atoms with van der Waals surface area (Å²) in [6.45, 7) is 2.26. The second kappa shape index (κ2) is 8.30. The van der Waals surface area contributed by atoms with E-state index in [4.69, 9.17) is 0 Å². The third kappa shape index (κ3) is 4.71. The van der Waals surface area contributed by atoms with Crippen LogP contribution in [0.2, 0.25) is 0 Å². The number of rotatable bonds is 4. The Morgan fingerprint density at radius 3 is 2.74 bits per heavy atom. The second-order valence-corrected chi connectivity index (χ2v) is 7.38. The summed E-state index contributed by atoms with van der Waals surface area (Å²) in [5.41, 5.74) is 0.408. The predicted octanol–water partition coefficient (Wildman–Crippen LogP) is 3.34. The monoisotopic (exact) mass is 389 g/mol. The number of nitrogens with one attached hydrogen (secondary N) is 2. The lowest BCUT2D eigenvalue weighted by atomic mass is 9.96. The third-order valence-corrected chi connectivity index (χ3v) is 5.21. The van der Waals surface area contributed by atoms with Gasteiger partial charge in [0.25, 0.3) is 5.91 Å². The number of piperidine rings is 1. The number of carbonyl (C=O) groups excluding carboxylic acids is 3. The zero-order valence-electron chi connectivity index (χ0n) is 14.8. The number of halogens is 1. The lowest BCUT2D eigenvalue weighted by molar-refractivity contribution is -0.121. The van der Waals surface area contributed by atoms with Gasteiger partial charge in [0.2, 0.25) is 11.8 Å². The van der Waals surface area contributed by atoms with Gasteiger partial charge in [-0.1, -0.05) is 6.07 Å². The standard InChI is InChI=1S/C19H20FN3O3S/c1-12(24)21-14-6-7-15(20)16(10-14)22-18(25)13-4-2-8-23(11-13)19(26)17-5-3-9-27-17/h3,5-7,9-10,13H,2,4,8,11H2,1H3,(H,21,24)(H,22,25). The number of benzene rings is 1. The fraction of sp³-hybridized carbons (Fsp3) is 0.316. The number of carbonyl (C=O) groups is 3. The molecule has 0 bridgehead atoms. The van der Waals surface area contributed by atoms with Crippen molar-refractivity contribution in [1.29, 1.82) is 0 Å². The van der Waals surface area contributed by atoms with Crippen LogP contribution in [0.1, 0.15) is 29.4 Å². The first-order chi connectivity index (χ1) is 12.9. The van der Waals surface area contributed by atoms with E-state index in [9.17, 15) is 18.8 Å². The maximum Gasteiger partial charge on any atom is 0.263 e. The molecule has 27 heavy (non-hydrogen) atoms. The lowest BCUT2D eigenvalue weighted by Gasteiger charge is -2.31. The van der Waals surface area contributed by atoms with Crippen molar-refractivity contribution in [2.75, 3.05) is 23.7 Å². The van der Waals surface area contributed by atoms with Crippen molar-refractivity contribution < 1.29 is 18.8 Å². The van der Waals surface area contributed by atoms with Crippen LogP contribution < -0.4 is 10.6 Å². The van der Waals surface area contributed by atoms with Crippen LogP contribution in [-0.2, 0) is 9.59 Å². The molecule has 3 rings (SSSR count). The molecule has 1 aliphatic heterocycles. The van der Waals surface area contributed by atoms with Gasteiger partial charge in [0, 0.05) is 25.7 Å². The molecule has 1 saturated heterocycles.